The van der Waals surface area contributed by atoms with Crippen molar-refractivity contribution in [1.82, 2.24) is 5.32 Å². The Morgan fingerprint density at radius 3 is 3.00 bits per heavy atom. The van der Waals surface area contributed by atoms with Gasteiger partial charge in [-0.25, -0.2) is 4.79 Å². The molecule has 1 aromatic rings. The van der Waals surface area contributed by atoms with E-state index >= 15 is 0 Å². The quantitative estimate of drug-likeness (QED) is 0.766. The lowest BCUT2D eigenvalue weighted by atomic mass is 9.93. The first-order valence-corrected chi connectivity index (χ1v) is 4.80. The molecular formula is C10H13NO3. The highest BCUT2D eigenvalue weighted by atomic mass is 16.4. The van der Waals surface area contributed by atoms with Gasteiger partial charge in [-0.2, -0.15) is 0 Å². The Kier molecular flexibility index (Phi) is 2.54. The monoisotopic (exact) mass is 195 g/mol. The van der Waals surface area contributed by atoms with Gasteiger partial charge in [0.1, 0.15) is 11.3 Å². The third kappa shape index (κ3) is 1.80. The summed E-state index contributed by atoms with van der Waals surface area (Å²) in [5.41, 5.74) is 0.261. The van der Waals surface area contributed by atoms with E-state index in [4.69, 9.17) is 9.52 Å². The van der Waals surface area contributed by atoms with E-state index in [2.05, 4.69) is 5.32 Å². The molecular weight excluding hydrogens is 182 g/mol. The number of furan rings is 1. The molecule has 0 aromatic carbocycles. The highest BCUT2D eigenvalue weighted by Crippen LogP contribution is 2.19. The molecule has 1 saturated carbocycles. The van der Waals surface area contributed by atoms with Crippen molar-refractivity contribution in [1.29, 1.82) is 0 Å². The van der Waals surface area contributed by atoms with Crippen molar-refractivity contribution in [2.75, 3.05) is 0 Å². The van der Waals surface area contributed by atoms with E-state index in [0.717, 1.165) is 0 Å². The normalized spacial score (nSPS) is 16.6. The first-order chi connectivity index (χ1) is 6.77. The van der Waals surface area contributed by atoms with Crippen LogP contribution in [0.3, 0.4) is 0 Å². The van der Waals surface area contributed by atoms with Gasteiger partial charge in [-0.05, 0) is 18.9 Å². The number of carbonyl (C=O) groups is 1. The average molecular weight is 195 g/mol. The molecule has 1 fully saturated rings. The van der Waals surface area contributed by atoms with Crippen LogP contribution >= 0.6 is 0 Å². The fraction of sp³-hybridized carbons (Fsp3) is 0.500. The van der Waals surface area contributed by atoms with Gasteiger partial charge in [0.15, 0.2) is 0 Å². The molecule has 0 saturated heterocycles. The van der Waals surface area contributed by atoms with Gasteiger partial charge >= 0.3 is 5.97 Å². The summed E-state index contributed by atoms with van der Waals surface area (Å²) in [4.78, 5) is 10.7. The SMILES string of the molecule is O=C(O)c1ccoc1CNC1CCC1. The van der Waals surface area contributed by atoms with Crippen molar-refractivity contribution in [3.8, 4) is 0 Å². The molecule has 4 nitrogen and oxygen atoms in total. The number of rotatable bonds is 4. The molecule has 0 atom stereocenters. The van der Waals surface area contributed by atoms with Crippen LogP contribution < -0.4 is 5.32 Å². The summed E-state index contributed by atoms with van der Waals surface area (Å²) in [7, 11) is 0. The predicted molar refractivity (Wildman–Crippen MR) is 50.1 cm³/mol. The number of hydrogen-bond donors (Lipinski definition) is 2. The number of carboxylic acid groups (broad SMARTS) is 1. The Morgan fingerprint density at radius 2 is 2.43 bits per heavy atom. The molecule has 1 aliphatic rings. The maximum Gasteiger partial charge on any atom is 0.339 e. The highest BCUT2D eigenvalue weighted by molar-refractivity contribution is 5.88. The van der Waals surface area contributed by atoms with Crippen molar-refractivity contribution in [3.63, 3.8) is 0 Å². The van der Waals surface area contributed by atoms with Gasteiger partial charge in [0, 0.05) is 6.04 Å². The Hall–Kier alpha value is -1.29. The van der Waals surface area contributed by atoms with E-state index in [1.54, 1.807) is 0 Å². The third-order valence-corrected chi connectivity index (χ3v) is 2.63. The second kappa shape index (κ2) is 3.84. The Balaban J connectivity index is 1.94. The number of aromatic carboxylic acids is 1. The second-order valence-corrected chi connectivity index (χ2v) is 3.57. The summed E-state index contributed by atoms with van der Waals surface area (Å²) in [6, 6.07) is 2.03. The molecule has 0 bridgehead atoms. The molecule has 0 spiro atoms. The first-order valence-electron chi connectivity index (χ1n) is 4.80. The van der Waals surface area contributed by atoms with Crippen molar-refractivity contribution in [2.45, 2.75) is 31.8 Å². The molecule has 2 N–H and O–H groups in total. The molecule has 0 unspecified atom stereocenters. The second-order valence-electron chi connectivity index (χ2n) is 3.57. The van der Waals surface area contributed by atoms with Gasteiger partial charge in [-0.15, -0.1) is 0 Å². The first kappa shape index (κ1) is 9.27. The van der Waals surface area contributed by atoms with E-state index in [1.165, 1.54) is 31.6 Å². The van der Waals surface area contributed by atoms with Crippen molar-refractivity contribution in [2.24, 2.45) is 0 Å². The van der Waals surface area contributed by atoms with E-state index in [0.29, 0.717) is 18.3 Å². The lowest BCUT2D eigenvalue weighted by Gasteiger charge is -2.26. The summed E-state index contributed by atoms with van der Waals surface area (Å²) < 4.78 is 5.10. The predicted octanol–water partition coefficient (Wildman–Crippen LogP) is 1.62. The summed E-state index contributed by atoms with van der Waals surface area (Å²) in [6.07, 6.45) is 5.05. The summed E-state index contributed by atoms with van der Waals surface area (Å²) >= 11 is 0. The molecule has 14 heavy (non-hydrogen) atoms. The van der Waals surface area contributed by atoms with Crippen LogP contribution in [0.15, 0.2) is 16.7 Å². The Morgan fingerprint density at radius 1 is 1.64 bits per heavy atom. The van der Waals surface area contributed by atoms with Gasteiger partial charge in [0.05, 0.1) is 12.8 Å². The van der Waals surface area contributed by atoms with Crippen LogP contribution in [-0.4, -0.2) is 17.1 Å². The van der Waals surface area contributed by atoms with Gasteiger partial charge in [-0.1, -0.05) is 6.42 Å². The number of hydrogen-bond acceptors (Lipinski definition) is 3. The molecule has 4 heteroatoms. The minimum Gasteiger partial charge on any atom is -0.478 e. The molecule has 1 aliphatic carbocycles. The zero-order valence-corrected chi connectivity index (χ0v) is 7.82. The average Bonchev–Trinajstić information content (AvgIpc) is 2.49. The summed E-state index contributed by atoms with van der Waals surface area (Å²) in [6.45, 7) is 0.513. The van der Waals surface area contributed by atoms with Crippen LogP contribution in [0.5, 0.6) is 0 Å². The third-order valence-electron chi connectivity index (χ3n) is 2.63. The lowest BCUT2D eigenvalue weighted by molar-refractivity contribution is 0.0694. The lowest BCUT2D eigenvalue weighted by Crippen LogP contribution is -2.34. The van der Waals surface area contributed by atoms with Gasteiger partial charge in [-0.3, -0.25) is 0 Å². The summed E-state index contributed by atoms with van der Waals surface area (Å²) in [5.74, 6) is -0.409. The number of nitrogens with one attached hydrogen (secondary N) is 1. The molecule has 0 aliphatic heterocycles. The summed E-state index contributed by atoms with van der Waals surface area (Å²) in [5, 5.41) is 12.1. The van der Waals surface area contributed by atoms with Crippen LogP contribution in [-0.2, 0) is 6.54 Å². The largest absolute Gasteiger partial charge is 0.478 e. The molecule has 0 amide bonds. The Labute approximate surface area is 81.9 Å². The van der Waals surface area contributed by atoms with Crippen LogP contribution in [0.2, 0.25) is 0 Å². The highest BCUT2D eigenvalue weighted by Gasteiger charge is 2.19. The molecule has 0 radical (unpaired) electrons. The van der Waals surface area contributed by atoms with Gasteiger partial charge in [0.2, 0.25) is 0 Å². The van der Waals surface area contributed by atoms with Gasteiger partial charge < -0.3 is 14.8 Å². The van der Waals surface area contributed by atoms with Crippen molar-refractivity contribution < 1.29 is 14.3 Å². The molecule has 1 aromatic heterocycles. The van der Waals surface area contributed by atoms with E-state index in [1.807, 2.05) is 0 Å². The van der Waals surface area contributed by atoms with Gasteiger partial charge in [0.25, 0.3) is 0 Å². The van der Waals surface area contributed by atoms with Crippen molar-refractivity contribution >= 4 is 5.97 Å². The van der Waals surface area contributed by atoms with Crippen LogP contribution in [0.25, 0.3) is 0 Å². The van der Waals surface area contributed by atoms with E-state index in [-0.39, 0.29) is 5.56 Å². The van der Waals surface area contributed by atoms with Crippen LogP contribution in [0.1, 0.15) is 35.4 Å². The molecule has 1 heterocycles. The smallest absolute Gasteiger partial charge is 0.339 e. The van der Waals surface area contributed by atoms with Crippen LogP contribution in [0.4, 0.5) is 0 Å². The zero-order valence-electron chi connectivity index (χ0n) is 7.82. The standard InChI is InChI=1S/C10H13NO3/c12-10(13)8-4-5-14-9(8)6-11-7-2-1-3-7/h4-5,7,11H,1-3,6H2,(H,12,13). The van der Waals surface area contributed by atoms with Crippen molar-refractivity contribution in [3.05, 3.63) is 23.7 Å². The molecule has 76 valence electrons. The van der Waals surface area contributed by atoms with Crippen LogP contribution in [0, 0.1) is 0 Å². The Bertz CT molecular complexity index is 328. The zero-order chi connectivity index (χ0) is 9.97. The molecule has 2 rings (SSSR count). The minimum absolute atomic E-state index is 0.261. The van der Waals surface area contributed by atoms with E-state index < -0.39 is 5.97 Å². The maximum absolute atomic E-state index is 10.7. The topological polar surface area (TPSA) is 62.5 Å². The minimum atomic E-state index is -0.927. The van der Waals surface area contributed by atoms with E-state index in [9.17, 15) is 4.79 Å². The fourth-order valence-corrected chi connectivity index (χ4v) is 1.52. The maximum atomic E-state index is 10.7. The number of carboxylic acids is 1. The fourth-order valence-electron chi connectivity index (χ4n) is 1.52.